The van der Waals surface area contributed by atoms with Gasteiger partial charge in [0.25, 0.3) is 0 Å². The molecule has 74 valence electrons. The third-order valence-electron chi connectivity index (χ3n) is 1.25. The van der Waals surface area contributed by atoms with E-state index in [1.807, 2.05) is 0 Å². The fourth-order valence-electron chi connectivity index (χ4n) is 0.592. The molecular formula is C6H10N2O5. The zero-order valence-electron chi connectivity index (χ0n) is 6.69. The van der Waals surface area contributed by atoms with Crippen LogP contribution in [-0.2, 0) is 9.59 Å². The number of carboxylic acid groups (broad SMARTS) is 2. The number of hydrogen-bond donors (Lipinski definition) is 4. The lowest BCUT2D eigenvalue weighted by molar-refractivity contribution is -0.138. The van der Waals surface area contributed by atoms with Gasteiger partial charge in [0, 0.05) is 6.42 Å². The Hall–Kier alpha value is -1.63. The molecule has 0 fully saturated rings. The maximum atomic E-state index is 10.6. The van der Waals surface area contributed by atoms with Crippen molar-refractivity contribution in [2.45, 2.75) is 18.9 Å². The fourth-order valence-corrected chi connectivity index (χ4v) is 0.592. The van der Waals surface area contributed by atoms with E-state index < -0.39 is 24.0 Å². The molecule has 0 rings (SSSR count). The number of aliphatic carboxylic acids is 1. The summed E-state index contributed by atoms with van der Waals surface area (Å²) >= 11 is 0. The molecular weight excluding hydrogens is 180 g/mol. The summed E-state index contributed by atoms with van der Waals surface area (Å²) in [5, 5.41) is 17.9. The molecule has 0 aromatic rings. The van der Waals surface area contributed by atoms with Gasteiger partial charge in [-0.15, -0.1) is 0 Å². The second kappa shape index (κ2) is 5.09. The van der Waals surface area contributed by atoms with Crippen LogP contribution in [0.2, 0.25) is 0 Å². The maximum absolute atomic E-state index is 10.6. The number of rotatable bonds is 4. The largest absolute Gasteiger partial charge is 0.480 e. The van der Waals surface area contributed by atoms with Crippen LogP contribution in [0.15, 0.2) is 0 Å². The number of carbonyl (C=O) groups excluding carboxylic acids is 1. The van der Waals surface area contributed by atoms with E-state index >= 15 is 0 Å². The van der Waals surface area contributed by atoms with E-state index in [4.69, 9.17) is 15.9 Å². The molecule has 0 unspecified atom stereocenters. The minimum Gasteiger partial charge on any atom is -0.480 e. The van der Waals surface area contributed by atoms with E-state index in [9.17, 15) is 14.4 Å². The van der Waals surface area contributed by atoms with E-state index in [1.54, 1.807) is 5.32 Å². The molecule has 0 spiro atoms. The lowest BCUT2D eigenvalue weighted by Gasteiger charge is -2.04. The molecule has 0 aromatic heterocycles. The molecule has 0 heterocycles. The van der Waals surface area contributed by atoms with Crippen molar-refractivity contribution in [3.05, 3.63) is 0 Å². The Morgan fingerprint density at radius 1 is 1.31 bits per heavy atom. The van der Waals surface area contributed by atoms with Gasteiger partial charge < -0.3 is 15.9 Å². The highest BCUT2D eigenvalue weighted by molar-refractivity contribution is 5.91. The number of nitrogens with one attached hydrogen (secondary N) is 1. The second-order valence-corrected chi connectivity index (χ2v) is 2.34. The van der Waals surface area contributed by atoms with Gasteiger partial charge in [0.2, 0.25) is 5.91 Å². The molecule has 0 radical (unpaired) electrons. The van der Waals surface area contributed by atoms with E-state index in [0.29, 0.717) is 0 Å². The van der Waals surface area contributed by atoms with Gasteiger partial charge in [0.15, 0.2) is 0 Å². The summed E-state index contributed by atoms with van der Waals surface area (Å²) in [7, 11) is 0. The average Bonchev–Trinajstić information content (AvgIpc) is 1.98. The number of hydrogen-bond acceptors (Lipinski definition) is 4. The molecule has 0 saturated carbocycles. The summed E-state index contributed by atoms with van der Waals surface area (Å²) in [5.74, 6) is -1.98. The van der Waals surface area contributed by atoms with Crippen LogP contribution in [0.4, 0.5) is 4.79 Å². The molecule has 13 heavy (non-hydrogen) atoms. The third kappa shape index (κ3) is 5.62. The number of imide groups is 1. The molecule has 7 nitrogen and oxygen atoms in total. The Bertz CT molecular complexity index is 227. The van der Waals surface area contributed by atoms with Gasteiger partial charge in [0.05, 0.1) is 0 Å². The van der Waals surface area contributed by atoms with E-state index in [-0.39, 0.29) is 12.8 Å². The van der Waals surface area contributed by atoms with Gasteiger partial charge in [-0.1, -0.05) is 0 Å². The summed E-state index contributed by atoms with van der Waals surface area (Å²) in [6, 6.07) is -1.14. The van der Waals surface area contributed by atoms with Crippen molar-refractivity contribution < 1.29 is 24.6 Å². The van der Waals surface area contributed by atoms with Crippen LogP contribution in [0.25, 0.3) is 0 Å². The molecule has 2 amide bonds. The van der Waals surface area contributed by atoms with Gasteiger partial charge in [-0.2, -0.15) is 0 Å². The van der Waals surface area contributed by atoms with E-state index in [2.05, 4.69) is 0 Å². The first-order valence-electron chi connectivity index (χ1n) is 3.44. The van der Waals surface area contributed by atoms with Gasteiger partial charge >= 0.3 is 12.1 Å². The van der Waals surface area contributed by atoms with Gasteiger partial charge in [-0.05, 0) is 6.42 Å². The Labute approximate surface area is 73.5 Å². The van der Waals surface area contributed by atoms with Crippen molar-refractivity contribution in [1.82, 2.24) is 5.32 Å². The minimum absolute atomic E-state index is 0.0888. The quantitative estimate of drug-likeness (QED) is 0.448. The summed E-state index contributed by atoms with van der Waals surface area (Å²) in [4.78, 5) is 30.7. The average molecular weight is 190 g/mol. The van der Waals surface area contributed by atoms with Crippen LogP contribution in [0.1, 0.15) is 12.8 Å². The molecule has 0 aliphatic rings. The summed E-state index contributed by atoms with van der Waals surface area (Å²) in [5.41, 5.74) is 5.07. The molecule has 0 aliphatic heterocycles. The number of carboxylic acids is 1. The van der Waals surface area contributed by atoms with Crippen LogP contribution in [-0.4, -0.2) is 34.2 Å². The molecule has 1 atom stereocenters. The molecule has 0 aromatic carbocycles. The Kier molecular flexibility index (Phi) is 4.45. The first-order chi connectivity index (χ1) is 5.93. The molecule has 0 bridgehead atoms. The lowest BCUT2D eigenvalue weighted by Crippen LogP contribution is -2.34. The van der Waals surface area contributed by atoms with Crippen molar-refractivity contribution in [3.63, 3.8) is 0 Å². The predicted octanol–water partition coefficient (Wildman–Crippen LogP) is -1.03. The van der Waals surface area contributed by atoms with Gasteiger partial charge in [-0.3, -0.25) is 14.9 Å². The molecule has 7 heteroatoms. The first kappa shape index (κ1) is 11.4. The van der Waals surface area contributed by atoms with Crippen molar-refractivity contribution >= 4 is 18.0 Å². The maximum Gasteiger partial charge on any atom is 0.411 e. The Morgan fingerprint density at radius 2 is 1.85 bits per heavy atom. The van der Waals surface area contributed by atoms with Crippen LogP contribution in [0.3, 0.4) is 0 Å². The standard InChI is InChI=1S/C6H10N2O5/c7-3(5(10)11)1-2-4(9)8-6(12)13/h3H,1-2,7H2,(H,8,9)(H,10,11)(H,12,13)/t3-/m0/s1. The number of amides is 2. The van der Waals surface area contributed by atoms with Crippen molar-refractivity contribution in [1.29, 1.82) is 0 Å². The van der Waals surface area contributed by atoms with Crippen LogP contribution in [0.5, 0.6) is 0 Å². The van der Waals surface area contributed by atoms with Crippen molar-refractivity contribution in [2.75, 3.05) is 0 Å². The summed E-state index contributed by atoms with van der Waals surface area (Å²) in [6.45, 7) is 0. The highest BCUT2D eigenvalue weighted by Gasteiger charge is 2.14. The van der Waals surface area contributed by atoms with Crippen LogP contribution < -0.4 is 11.1 Å². The van der Waals surface area contributed by atoms with Gasteiger partial charge in [0.1, 0.15) is 6.04 Å². The molecule has 0 aliphatic carbocycles. The predicted molar refractivity (Wildman–Crippen MR) is 41.0 cm³/mol. The fraction of sp³-hybridized carbons (Fsp3) is 0.500. The zero-order chi connectivity index (χ0) is 10.4. The third-order valence-corrected chi connectivity index (χ3v) is 1.25. The van der Waals surface area contributed by atoms with Crippen molar-refractivity contribution in [2.24, 2.45) is 5.73 Å². The smallest absolute Gasteiger partial charge is 0.411 e. The topological polar surface area (TPSA) is 130 Å². The summed E-state index contributed by atoms with van der Waals surface area (Å²) < 4.78 is 0. The van der Waals surface area contributed by atoms with Crippen LogP contribution >= 0.6 is 0 Å². The lowest BCUT2D eigenvalue weighted by atomic mass is 10.1. The van der Waals surface area contributed by atoms with E-state index in [1.165, 1.54) is 0 Å². The second-order valence-electron chi connectivity index (χ2n) is 2.34. The summed E-state index contributed by atoms with van der Waals surface area (Å²) in [6.07, 6.45) is -1.78. The highest BCUT2D eigenvalue weighted by atomic mass is 16.4. The zero-order valence-corrected chi connectivity index (χ0v) is 6.69. The minimum atomic E-state index is -1.46. The van der Waals surface area contributed by atoms with Gasteiger partial charge in [-0.25, -0.2) is 4.79 Å². The highest BCUT2D eigenvalue weighted by Crippen LogP contribution is 1.94. The monoisotopic (exact) mass is 190 g/mol. The number of nitrogens with two attached hydrogens (primary N) is 1. The molecule has 5 N–H and O–H groups in total. The number of carbonyl (C=O) groups is 3. The Morgan fingerprint density at radius 3 is 2.23 bits per heavy atom. The van der Waals surface area contributed by atoms with E-state index in [0.717, 1.165) is 0 Å². The van der Waals surface area contributed by atoms with Crippen molar-refractivity contribution in [3.8, 4) is 0 Å². The normalized spacial score (nSPS) is 11.8. The first-order valence-corrected chi connectivity index (χ1v) is 3.44. The molecule has 0 saturated heterocycles. The Balaban J connectivity index is 3.70. The SMILES string of the molecule is N[C@@H](CCC(=O)NC(=O)O)C(=O)O. The van der Waals surface area contributed by atoms with Crippen LogP contribution in [0, 0.1) is 0 Å².